The molecule has 3 fully saturated rings. The van der Waals surface area contributed by atoms with Crippen molar-refractivity contribution in [2.45, 2.75) is 85.9 Å². The van der Waals surface area contributed by atoms with Crippen LogP contribution in [-0.2, 0) is 24.0 Å². The molecular formula is C27H44N4O5. The Kier molecular flexibility index (Phi) is 7.64. The van der Waals surface area contributed by atoms with Gasteiger partial charge in [-0.2, -0.15) is 0 Å². The van der Waals surface area contributed by atoms with E-state index >= 15 is 0 Å². The van der Waals surface area contributed by atoms with Crippen molar-refractivity contribution in [2.24, 2.45) is 34.5 Å². The highest BCUT2D eigenvalue weighted by Crippen LogP contribution is 2.65. The average molecular weight is 505 g/mol. The highest BCUT2D eigenvalue weighted by Gasteiger charge is 2.70. The SMILES string of the molecule is CC(C)C(=O)NC(C(=O)N1C[C@H]2[C@@H]([C@H]1C(=O)NC(CC1CC1)C(=O)C(=O)N(C)C)C2(C)C)C(C)(C)C. The van der Waals surface area contributed by atoms with Gasteiger partial charge in [-0.25, -0.2) is 0 Å². The zero-order chi connectivity index (χ0) is 27.3. The van der Waals surface area contributed by atoms with Gasteiger partial charge in [-0.1, -0.05) is 61.3 Å². The number of amides is 4. The molecule has 4 amide bonds. The number of rotatable bonds is 9. The molecule has 1 heterocycles. The van der Waals surface area contributed by atoms with Gasteiger partial charge < -0.3 is 20.4 Å². The lowest BCUT2D eigenvalue weighted by molar-refractivity contribution is -0.148. The minimum absolute atomic E-state index is 0.0379. The highest BCUT2D eigenvalue weighted by molar-refractivity contribution is 6.38. The lowest BCUT2D eigenvalue weighted by Gasteiger charge is -2.38. The van der Waals surface area contributed by atoms with Crippen molar-refractivity contribution in [3.05, 3.63) is 0 Å². The summed E-state index contributed by atoms with van der Waals surface area (Å²) in [6.45, 7) is 13.8. The van der Waals surface area contributed by atoms with Crippen LogP contribution in [0.5, 0.6) is 0 Å². The number of fused-ring (bicyclic) bond motifs is 1. The number of likely N-dealkylation sites (N-methyl/N-ethyl adjacent to an activating group) is 1. The number of piperidine rings is 1. The molecule has 0 radical (unpaired) electrons. The zero-order valence-corrected chi connectivity index (χ0v) is 23.3. The monoisotopic (exact) mass is 504 g/mol. The van der Waals surface area contributed by atoms with Gasteiger partial charge in [0.05, 0.1) is 6.04 Å². The zero-order valence-electron chi connectivity index (χ0n) is 23.3. The van der Waals surface area contributed by atoms with Crippen molar-refractivity contribution in [3.8, 4) is 0 Å². The van der Waals surface area contributed by atoms with Crippen LogP contribution >= 0.6 is 0 Å². The Bertz CT molecular complexity index is 931. The van der Waals surface area contributed by atoms with Gasteiger partial charge in [-0.15, -0.1) is 0 Å². The van der Waals surface area contributed by atoms with Crippen LogP contribution in [0.3, 0.4) is 0 Å². The molecule has 36 heavy (non-hydrogen) atoms. The largest absolute Gasteiger partial charge is 0.344 e. The summed E-state index contributed by atoms with van der Waals surface area (Å²) >= 11 is 0. The molecule has 3 aliphatic rings. The molecule has 3 rings (SSSR count). The first-order chi connectivity index (χ1) is 16.5. The van der Waals surface area contributed by atoms with Crippen molar-refractivity contribution in [1.82, 2.24) is 20.4 Å². The Labute approximate surface area is 215 Å². The number of Topliss-reactive ketones (excluding diaryl/α,β-unsaturated/α-hetero) is 1. The summed E-state index contributed by atoms with van der Waals surface area (Å²) in [6, 6.07) is -2.44. The molecule has 1 saturated heterocycles. The second-order valence-corrected chi connectivity index (χ2v) is 13.2. The number of likely N-dealkylation sites (tertiary alicyclic amines) is 1. The highest BCUT2D eigenvalue weighted by atomic mass is 16.2. The molecule has 2 N–H and O–H groups in total. The molecule has 2 aliphatic carbocycles. The minimum Gasteiger partial charge on any atom is -0.344 e. The van der Waals surface area contributed by atoms with Crippen molar-refractivity contribution < 1.29 is 24.0 Å². The van der Waals surface area contributed by atoms with E-state index in [1.807, 2.05) is 20.8 Å². The first kappa shape index (κ1) is 28.1. The van der Waals surface area contributed by atoms with Crippen LogP contribution in [-0.4, -0.2) is 78.0 Å². The molecular weight excluding hydrogens is 460 g/mol. The number of nitrogens with one attached hydrogen (secondary N) is 2. The summed E-state index contributed by atoms with van der Waals surface area (Å²) in [4.78, 5) is 68.3. The van der Waals surface area contributed by atoms with Gasteiger partial charge in [-0.05, 0) is 35.0 Å². The molecule has 0 aromatic heterocycles. The van der Waals surface area contributed by atoms with Gasteiger partial charge in [0.1, 0.15) is 12.1 Å². The molecule has 2 saturated carbocycles. The van der Waals surface area contributed by atoms with E-state index in [4.69, 9.17) is 0 Å². The first-order valence-corrected chi connectivity index (χ1v) is 13.1. The van der Waals surface area contributed by atoms with Crippen LogP contribution < -0.4 is 10.6 Å². The Balaban J connectivity index is 1.85. The van der Waals surface area contributed by atoms with Crippen LogP contribution in [0.1, 0.15) is 67.7 Å². The molecule has 2 unspecified atom stereocenters. The summed E-state index contributed by atoms with van der Waals surface area (Å²) in [7, 11) is 3.03. The van der Waals surface area contributed by atoms with E-state index in [1.54, 1.807) is 18.7 Å². The minimum atomic E-state index is -0.906. The van der Waals surface area contributed by atoms with E-state index < -0.39 is 41.1 Å². The Morgan fingerprint density at radius 1 is 1.03 bits per heavy atom. The molecule has 0 aromatic carbocycles. The molecule has 0 spiro atoms. The number of carbonyl (C=O) groups excluding carboxylic acids is 5. The van der Waals surface area contributed by atoms with Crippen LogP contribution in [0.2, 0.25) is 0 Å². The molecule has 1 aliphatic heterocycles. The third kappa shape index (κ3) is 5.59. The number of hydrogen-bond acceptors (Lipinski definition) is 5. The summed E-state index contributed by atoms with van der Waals surface area (Å²) in [5.74, 6) is -2.00. The predicted molar refractivity (Wildman–Crippen MR) is 135 cm³/mol. The molecule has 9 heteroatoms. The number of carbonyl (C=O) groups is 5. The van der Waals surface area contributed by atoms with Crippen molar-refractivity contribution in [2.75, 3.05) is 20.6 Å². The fraction of sp³-hybridized carbons (Fsp3) is 0.815. The molecule has 9 nitrogen and oxygen atoms in total. The van der Waals surface area contributed by atoms with E-state index in [0.717, 1.165) is 12.8 Å². The van der Waals surface area contributed by atoms with E-state index in [1.165, 1.54) is 19.0 Å². The van der Waals surface area contributed by atoms with Crippen molar-refractivity contribution in [1.29, 1.82) is 0 Å². The quantitative estimate of drug-likeness (QED) is 0.463. The van der Waals surface area contributed by atoms with E-state index in [2.05, 4.69) is 24.5 Å². The molecule has 0 aromatic rings. The third-order valence-corrected chi connectivity index (χ3v) is 8.20. The Morgan fingerprint density at radius 3 is 2.08 bits per heavy atom. The maximum Gasteiger partial charge on any atom is 0.291 e. The Morgan fingerprint density at radius 2 is 1.61 bits per heavy atom. The van der Waals surface area contributed by atoms with Gasteiger partial charge >= 0.3 is 0 Å². The number of nitrogens with zero attached hydrogens (tertiary/aromatic N) is 2. The number of ketones is 1. The van der Waals surface area contributed by atoms with Gasteiger partial charge in [0.15, 0.2) is 0 Å². The maximum atomic E-state index is 13.9. The van der Waals surface area contributed by atoms with E-state index in [0.29, 0.717) is 18.9 Å². The van der Waals surface area contributed by atoms with Gasteiger partial charge in [0.25, 0.3) is 5.91 Å². The molecule has 0 bridgehead atoms. The maximum absolute atomic E-state index is 13.9. The Hall–Kier alpha value is -2.45. The van der Waals surface area contributed by atoms with Gasteiger partial charge in [0, 0.05) is 26.6 Å². The fourth-order valence-corrected chi connectivity index (χ4v) is 5.48. The lowest BCUT2D eigenvalue weighted by Crippen LogP contribution is -2.60. The van der Waals surface area contributed by atoms with Gasteiger partial charge in [-0.3, -0.25) is 24.0 Å². The standard InChI is InChI=1S/C27H44N4O5/c1-14(2)22(33)29-21(26(3,4)5)25(36)31-13-16-18(27(16,6)7)19(31)23(34)28-17(12-15-10-11-15)20(32)24(35)30(8)9/h14-19,21H,10-13H2,1-9H3,(H,28,34)(H,29,33)/t16-,17?,18-,19-,21?/m0/s1. The van der Waals surface area contributed by atoms with Crippen LogP contribution in [0, 0.1) is 34.5 Å². The number of hydrogen-bond donors (Lipinski definition) is 2. The molecule has 5 atom stereocenters. The van der Waals surface area contributed by atoms with Crippen LogP contribution in [0.4, 0.5) is 0 Å². The van der Waals surface area contributed by atoms with E-state index in [9.17, 15) is 24.0 Å². The van der Waals surface area contributed by atoms with Crippen molar-refractivity contribution >= 4 is 29.4 Å². The summed E-state index contributed by atoms with van der Waals surface area (Å²) in [5.41, 5.74) is -0.666. The second-order valence-electron chi connectivity index (χ2n) is 13.2. The molecule has 202 valence electrons. The smallest absolute Gasteiger partial charge is 0.291 e. The van der Waals surface area contributed by atoms with Crippen LogP contribution in [0.25, 0.3) is 0 Å². The normalized spacial score (nSPS) is 26.1. The second kappa shape index (κ2) is 9.78. The first-order valence-electron chi connectivity index (χ1n) is 13.1. The van der Waals surface area contributed by atoms with Crippen molar-refractivity contribution in [3.63, 3.8) is 0 Å². The predicted octanol–water partition coefficient (Wildman–Crippen LogP) is 1.60. The van der Waals surface area contributed by atoms with E-state index in [-0.39, 0.29) is 35.0 Å². The summed E-state index contributed by atoms with van der Waals surface area (Å²) in [5, 5.41) is 5.76. The average Bonchev–Trinajstić information content (AvgIpc) is 3.61. The lowest BCUT2D eigenvalue weighted by atomic mass is 9.84. The fourth-order valence-electron chi connectivity index (χ4n) is 5.48. The third-order valence-electron chi connectivity index (χ3n) is 8.20. The topological polar surface area (TPSA) is 116 Å². The van der Waals surface area contributed by atoms with Crippen LogP contribution in [0.15, 0.2) is 0 Å². The summed E-state index contributed by atoms with van der Waals surface area (Å²) < 4.78 is 0. The summed E-state index contributed by atoms with van der Waals surface area (Å²) in [6.07, 6.45) is 2.38. The van der Waals surface area contributed by atoms with Gasteiger partial charge in [0.2, 0.25) is 23.5 Å².